The average molecular weight is 339 g/mol. The SMILES string of the molecule is Cc1cc(OCCC(=O)N(C)CCC#N)cc(C)c1Br. The van der Waals surface area contributed by atoms with Gasteiger partial charge in [-0.1, -0.05) is 15.9 Å². The zero-order chi connectivity index (χ0) is 15.1. The van der Waals surface area contributed by atoms with Crippen LogP contribution in [-0.2, 0) is 4.79 Å². The van der Waals surface area contributed by atoms with Crippen LogP contribution in [-0.4, -0.2) is 31.0 Å². The lowest BCUT2D eigenvalue weighted by atomic mass is 10.1. The van der Waals surface area contributed by atoms with E-state index >= 15 is 0 Å². The third-order valence-corrected chi connectivity index (χ3v) is 4.23. The van der Waals surface area contributed by atoms with Gasteiger partial charge in [0.05, 0.1) is 25.5 Å². The second-order valence-corrected chi connectivity index (χ2v) is 5.49. The number of benzene rings is 1. The zero-order valence-corrected chi connectivity index (χ0v) is 13.7. The molecule has 0 aliphatic rings. The molecular weight excluding hydrogens is 320 g/mol. The fourth-order valence-electron chi connectivity index (χ4n) is 1.78. The van der Waals surface area contributed by atoms with Crippen molar-refractivity contribution < 1.29 is 9.53 Å². The molecule has 20 heavy (non-hydrogen) atoms. The first-order valence-electron chi connectivity index (χ1n) is 6.46. The maximum Gasteiger partial charge on any atom is 0.225 e. The van der Waals surface area contributed by atoms with Crippen LogP contribution in [0.25, 0.3) is 0 Å². The third kappa shape index (κ3) is 4.86. The highest BCUT2D eigenvalue weighted by atomic mass is 79.9. The second kappa shape index (κ2) is 7.91. The Labute approximate surface area is 128 Å². The number of nitrogens with zero attached hydrogens (tertiary/aromatic N) is 2. The van der Waals surface area contributed by atoms with Crippen molar-refractivity contribution in [1.82, 2.24) is 4.90 Å². The lowest BCUT2D eigenvalue weighted by Crippen LogP contribution is -2.28. The Morgan fingerprint density at radius 2 is 2.00 bits per heavy atom. The van der Waals surface area contributed by atoms with E-state index in [4.69, 9.17) is 10.00 Å². The summed E-state index contributed by atoms with van der Waals surface area (Å²) in [4.78, 5) is 13.3. The van der Waals surface area contributed by atoms with Crippen LogP contribution in [0.1, 0.15) is 24.0 Å². The van der Waals surface area contributed by atoms with Gasteiger partial charge in [-0.2, -0.15) is 5.26 Å². The van der Waals surface area contributed by atoms with Crippen molar-refractivity contribution in [2.24, 2.45) is 0 Å². The predicted octanol–water partition coefficient (Wildman–Crippen LogP) is 3.21. The molecule has 1 amide bonds. The summed E-state index contributed by atoms with van der Waals surface area (Å²) in [7, 11) is 1.70. The molecular formula is C15H19BrN2O2. The van der Waals surface area contributed by atoms with Crippen LogP contribution in [0.15, 0.2) is 16.6 Å². The van der Waals surface area contributed by atoms with E-state index in [1.807, 2.05) is 32.0 Å². The number of carbonyl (C=O) groups excluding carboxylic acids is 1. The summed E-state index contributed by atoms with van der Waals surface area (Å²) in [6.45, 7) is 4.82. The van der Waals surface area contributed by atoms with E-state index < -0.39 is 0 Å². The first-order chi connectivity index (χ1) is 9.45. The summed E-state index contributed by atoms with van der Waals surface area (Å²) >= 11 is 3.51. The molecule has 108 valence electrons. The predicted molar refractivity (Wildman–Crippen MR) is 81.6 cm³/mol. The summed E-state index contributed by atoms with van der Waals surface area (Å²) in [5, 5.41) is 8.48. The molecule has 0 unspecified atom stereocenters. The summed E-state index contributed by atoms with van der Waals surface area (Å²) in [6.07, 6.45) is 0.671. The van der Waals surface area contributed by atoms with Crippen LogP contribution in [0.3, 0.4) is 0 Å². The minimum atomic E-state index is -0.00851. The van der Waals surface area contributed by atoms with Gasteiger partial charge in [0.15, 0.2) is 0 Å². The topological polar surface area (TPSA) is 53.3 Å². The van der Waals surface area contributed by atoms with Crippen molar-refractivity contribution >= 4 is 21.8 Å². The Morgan fingerprint density at radius 1 is 1.40 bits per heavy atom. The van der Waals surface area contributed by atoms with Crippen molar-refractivity contribution in [3.63, 3.8) is 0 Å². The largest absolute Gasteiger partial charge is 0.493 e. The number of aryl methyl sites for hydroxylation is 2. The van der Waals surface area contributed by atoms with Crippen LogP contribution in [0.4, 0.5) is 0 Å². The van der Waals surface area contributed by atoms with E-state index in [9.17, 15) is 4.79 Å². The van der Waals surface area contributed by atoms with E-state index in [0.29, 0.717) is 26.0 Å². The highest BCUT2D eigenvalue weighted by Crippen LogP contribution is 2.26. The molecule has 0 radical (unpaired) electrons. The highest BCUT2D eigenvalue weighted by molar-refractivity contribution is 9.10. The Kier molecular flexibility index (Phi) is 6.53. The molecule has 0 aliphatic carbocycles. The molecule has 0 saturated heterocycles. The van der Waals surface area contributed by atoms with Gasteiger partial charge in [-0.25, -0.2) is 0 Å². The molecule has 0 aromatic heterocycles. The van der Waals surface area contributed by atoms with E-state index in [1.165, 1.54) is 0 Å². The van der Waals surface area contributed by atoms with Crippen molar-refractivity contribution in [3.05, 3.63) is 27.7 Å². The molecule has 1 rings (SSSR count). The molecule has 0 N–H and O–H groups in total. The zero-order valence-electron chi connectivity index (χ0n) is 12.1. The van der Waals surface area contributed by atoms with E-state index in [1.54, 1.807) is 11.9 Å². The van der Waals surface area contributed by atoms with Gasteiger partial charge in [0.1, 0.15) is 5.75 Å². The van der Waals surface area contributed by atoms with Crippen LogP contribution in [0.5, 0.6) is 5.75 Å². The molecule has 0 bridgehead atoms. The monoisotopic (exact) mass is 338 g/mol. The Balaban J connectivity index is 2.45. The number of hydrogen-bond donors (Lipinski definition) is 0. The summed E-state index contributed by atoms with van der Waals surface area (Å²) in [5.74, 6) is 0.765. The highest BCUT2D eigenvalue weighted by Gasteiger charge is 2.09. The molecule has 5 heteroatoms. The number of hydrogen-bond acceptors (Lipinski definition) is 3. The Hall–Kier alpha value is -1.54. The molecule has 4 nitrogen and oxygen atoms in total. The molecule has 1 aromatic carbocycles. The minimum absolute atomic E-state index is 0.00851. The summed E-state index contributed by atoms with van der Waals surface area (Å²) < 4.78 is 6.70. The minimum Gasteiger partial charge on any atom is -0.493 e. The van der Waals surface area contributed by atoms with Gasteiger partial charge in [-0.3, -0.25) is 4.79 Å². The van der Waals surface area contributed by atoms with Crippen LogP contribution < -0.4 is 4.74 Å². The number of amides is 1. The molecule has 0 spiro atoms. The van der Waals surface area contributed by atoms with Crippen molar-refractivity contribution in [3.8, 4) is 11.8 Å². The maximum absolute atomic E-state index is 11.8. The van der Waals surface area contributed by atoms with E-state index in [-0.39, 0.29) is 5.91 Å². The molecule has 0 atom stereocenters. The molecule has 0 heterocycles. The van der Waals surface area contributed by atoms with Gasteiger partial charge in [-0.05, 0) is 37.1 Å². The number of rotatable bonds is 6. The van der Waals surface area contributed by atoms with Gasteiger partial charge in [0, 0.05) is 18.1 Å². The first-order valence-corrected chi connectivity index (χ1v) is 7.25. The van der Waals surface area contributed by atoms with Crippen molar-refractivity contribution in [1.29, 1.82) is 5.26 Å². The Morgan fingerprint density at radius 3 is 2.55 bits per heavy atom. The normalized spacial score (nSPS) is 9.95. The number of halogens is 1. The second-order valence-electron chi connectivity index (χ2n) is 4.69. The maximum atomic E-state index is 11.8. The van der Waals surface area contributed by atoms with Crippen LogP contribution >= 0.6 is 15.9 Å². The molecule has 1 aromatic rings. The van der Waals surface area contributed by atoms with Gasteiger partial charge < -0.3 is 9.64 Å². The van der Waals surface area contributed by atoms with Crippen LogP contribution in [0, 0.1) is 25.2 Å². The first kappa shape index (κ1) is 16.5. The quantitative estimate of drug-likeness (QED) is 0.800. The smallest absolute Gasteiger partial charge is 0.225 e. The fraction of sp³-hybridized carbons (Fsp3) is 0.467. The third-order valence-electron chi connectivity index (χ3n) is 2.98. The molecule has 0 aliphatic heterocycles. The van der Waals surface area contributed by atoms with Crippen molar-refractivity contribution in [2.45, 2.75) is 26.7 Å². The van der Waals surface area contributed by atoms with Gasteiger partial charge in [-0.15, -0.1) is 0 Å². The average Bonchev–Trinajstić information content (AvgIpc) is 2.41. The lowest BCUT2D eigenvalue weighted by molar-refractivity contribution is -0.130. The Bertz CT molecular complexity index is 500. The number of nitriles is 1. The summed E-state index contributed by atoms with van der Waals surface area (Å²) in [6, 6.07) is 5.91. The van der Waals surface area contributed by atoms with Crippen molar-refractivity contribution in [2.75, 3.05) is 20.2 Å². The van der Waals surface area contributed by atoms with Gasteiger partial charge >= 0.3 is 0 Å². The van der Waals surface area contributed by atoms with E-state index in [2.05, 4.69) is 15.9 Å². The molecule has 0 fully saturated rings. The van der Waals surface area contributed by atoms with Gasteiger partial charge in [0.25, 0.3) is 0 Å². The summed E-state index contributed by atoms with van der Waals surface area (Å²) in [5.41, 5.74) is 2.22. The molecule has 0 saturated carbocycles. The number of carbonyl (C=O) groups is 1. The number of ether oxygens (including phenoxy) is 1. The van der Waals surface area contributed by atoms with Crippen LogP contribution in [0.2, 0.25) is 0 Å². The fourth-order valence-corrected chi connectivity index (χ4v) is 2.01. The standard InChI is InChI=1S/C15H19BrN2O2/c1-11-9-13(10-12(2)15(11)16)20-8-5-14(19)18(3)7-4-6-17/h9-10H,4-5,7-8H2,1-3H3. The lowest BCUT2D eigenvalue weighted by Gasteiger charge is -2.16. The van der Waals surface area contributed by atoms with E-state index in [0.717, 1.165) is 21.3 Å². The van der Waals surface area contributed by atoms with Gasteiger partial charge in [0.2, 0.25) is 5.91 Å².